The SMILES string of the molecule is CC1SCC(C(=O)O)N1C(=O)N1CCN(C)C(=O)C1. The molecule has 2 unspecified atom stereocenters. The topological polar surface area (TPSA) is 81.2 Å². The van der Waals surface area contributed by atoms with Gasteiger partial charge in [-0.05, 0) is 6.92 Å². The molecule has 1 N–H and O–H groups in total. The number of likely N-dealkylation sites (N-methyl/N-ethyl adjacent to an activating group) is 1. The molecule has 2 heterocycles. The minimum absolute atomic E-state index is 0.0234. The van der Waals surface area contributed by atoms with Crippen LogP contribution < -0.4 is 0 Å². The number of carbonyl (C=O) groups excluding carboxylic acids is 2. The van der Waals surface area contributed by atoms with Crippen LogP contribution >= 0.6 is 11.8 Å². The molecule has 2 aliphatic heterocycles. The first-order valence-corrected chi connectivity index (χ1v) is 7.12. The normalized spacial score (nSPS) is 27.9. The highest BCUT2D eigenvalue weighted by Crippen LogP contribution is 2.30. The summed E-state index contributed by atoms with van der Waals surface area (Å²) in [6, 6.07) is -1.16. The molecule has 2 rings (SSSR count). The maximum absolute atomic E-state index is 12.4. The largest absolute Gasteiger partial charge is 0.480 e. The van der Waals surface area contributed by atoms with E-state index in [0.717, 1.165) is 0 Å². The lowest BCUT2D eigenvalue weighted by atomic mass is 10.2. The van der Waals surface area contributed by atoms with Gasteiger partial charge in [0.15, 0.2) is 0 Å². The molecule has 0 aromatic heterocycles. The molecule has 0 saturated carbocycles. The molecule has 0 spiro atoms. The number of thioether (sulfide) groups is 1. The van der Waals surface area contributed by atoms with E-state index in [2.05, 4.69) is 0 Å². The number of aliphatic carboxylic acids is 1. The number of rotatable bonds is 1. The third-order valence-electron chi connectivity index (χ3n) is 3.46. The lowest BCUT2D eigenvalue weighted by molar-refractivity contribution is -0.141. The van der Waals surface area contributed by atoms with Crippen molar-refractivity contribution >= 4 is 29.7 Å². The van der Waals surface area contributed by atoms with Crippen molar-refractivity contribution < 1.29 is 19.5 Å². The van der Waals surface area contributed by atoms with Crippen molar-refractivity contribution in [3.8, 4) is 0 Å². The van der Waals surface area contributed by atoms with E-state index in [4.69, 9.17) is 5.11 Å². The molecule has 2 atom stereocenters. The second-order valence-corrected chi connectivity index (χ2v) is 6.06. The van der Waals surface area contributed by atoms with Crippen molar-refractivity contribution in [1.29, 1.82) is 0 Å². The minimum atomic E-state index is -0.995. The van der Waals surface area contributed by atoms with Gasteiger partial charge in [0.25, 0.3) is 0 Å². The molecule has 0 radical (unpaired) electrons. The van der Waals surface area contributed by atoms with E-state index in [1.165, 1.54) is 21.6 Å². The molecule has 19 heavy (non-hydrogen) atoms. The fourth-order valence-electron chi connectivity index (χ4n) is 2.21. The fourth-order valence-corrected chi connectivity index (χ4v) is 3.37. The molecule has 0 aliphatic carbocycles. The molecule has 7 nitrogen and oxygen atoms in total. The molecule has 0 aromatic carbocycles. The Morgan fingerprint density at radius 1 is 1.37 bits per heavy atom. The molecule has 2 saturated heterocycles. The van der Waals surface area contributed by atoms with Crippen LogP contribution in [0.2, 0.25) is 0 Å². The monoisotopic (exact) mass is 287 g/mol. The number of piperazine rings is 1. The summed E-state index contributed by atoms with van der Waals surface area (Å²) < 4.78 is 0. The van der Waals surface area contributed by atoms with Gasteiger partial charge >= 0.3 is 12.0 Å². The highest BCUT2D eigenvalue weighted by atomic mass is 32.2. The Labute approximate surface area is 115 Å². The van der Waals surface area contributed by atoms with Gasteiger partial charge in [-0.15, -0.1) is 11.8 Å². The Bertz CT molecular complexity index is 417. The van der Waals surface area contributed by atoms with Crippen LogP contribution in [-0.2, 0) is 9.59 Å². The molecule has 3 amide bonds. The molecule has 106 valence electrons. The summed E-state index contributed by atoms with van der Waals surface area (Å²) >= 11 is 1.44. The lowest BCUT2D eigenvalue weighted by Crippen LogP contribution is -2.57. The van der Waals surface area contributed by atoms with E-state index in [1.807, 2.05) is 6.92 Å². The summed E-state index contributed by atoms with van der Waals surface area (Å²) in [5, 5.41) is 8.96. The van der Waals surface area contributed by atoms with E-state index in [9.17, 15) is 14.4 Å². The number of nitrogens with zero attached hydrogens (tertiary/aromatic N) is 3. The van der Waals surface area contributed by atoms with E-state index in [0.29, 0.717) is 18.8 Å². The van der Waals surface area contributed by atoms with Crippen molar-refractivity contribution in [2.75, 3.05) is 32.4 Å². The molecule has 0 aromatic rings. The van der Waals surface area contributed by atoms with Crippen LogP contribution in [-0.4, -0.2) is 81.6 Å². The zero-order valence-electron chi connectivity index (χ0n) is 10.9. The Balaban J connectivity index is 2.10. The number of carbonyl (C=O) groups is 3. The summed E-state index contributed by atoms with van der Waals surface area (Å²) in [5.41, 5.74) is 0. The molecular formula is C11H17N3O4S. The van der Waals surface area contributed by atoms with Gasteiger partial charge in [-0.1, -0.05) is 0 Å². The Kier molecular flexibility index (Phi) is 3.88. The zero-order chi connectivity index (χ0) is 14.2. The Morgan fingerprint density at radius 3 is 2.63 bits per heavy atom. The standard InChI is InChI=1S/C11H17N3O4S/c1-7-14(8(6-19-7)10(16)17)11(18)13-4-3-12(2)9(15)5-13/h7-8H,3-6H2,1-2H3,(H,16,17). The van der Waals surface area contributed by atoms with Gasteiger partial charge < -0.3 is 14.9 Å². The van der Waals surface area contributed by atoms with Crippen LogP contribution in [0.3, 0.4) is 0 Å². The van der Waals surface area contributed by atoms with Gasteiger partial charge in [0.1, 0.15) is 12.6 Å². The number of carboxylic acids is 1. The quantitative estimate of drug-likeness (QED) is 0.718. The highest BCUT2D eigenvalue weighted by molar-refractivity contribution is 8.00. The summed E-state index contributed by atoms with van der Waals surface area (Å²) in [6.45, 7) is 2.76. The molecule has 0 bridgehead atoms. The van der Waals surface area contributed by atoms with Crippen LogP contribution in [0.1, 0.15) is 6.92 Å². The predicted molar refractivity (Wildman–Crippen MR) is 69.8 cm³/mol. The van der Waals surface area contributed by atoms with Gasteiger partial charge in [0.2, 0.25) is 5.91 Å². The summed E-state index contributed by atoms with van der Waals surface area (Å²) in [7, 11) is 1.69. The maximum Gasteiger partial charge on any atom is 0.327 e. The van der Waals surface area contributed by atoms with E-state index in [-0.39, 0.29) is 23.9 Å². The average molecular weight is 287 g/mol. The first-order valence-electron chi connectivity index (χ1n) is 6.07. The van der Waals surface area contributed by atoms with Crippen LogP contribution in [0.5, 0.6) is 0 Å². The molecule has 2 aliphatic rings. The number of hydrogen-bond acceptors (Lipinski definition) is 4. The van der Waals surface area contributed by atoms with Crippen molar-refractivity contribution in [1.82, 2.24) is 14.7 Å². The van der Waals surface area contributed by atoms with Crippen LogP contribution in [0.15, 0.2) is 0 Å². The minimum Gasteiger partial charge on any atom is -0.480 e. The van der Waals surface area contributed by atoms with Gasteiger partial charge in [0.05, 0.1) is 5.37 Å². The summed E-state index contributed by atoms with van der Waals surface area (Å²) in [6.07, 6.45) is 0. The maximum atomic E-state index is 12.4. The first kappa shape index (κ1) is 14.0. The number of urea groups is 1. The van der Waals surface area contributed by atoms with Gasteiger partial charge in [-0.3, -0.25) is 9.69 Å². The van der Waals surface area contributed by atoms with Gasteiger partial charge in [-0.25, -0.2) is 9.59 Å². The van der Waals surface area contributed by atoms with Crippen LogP contribution in [0.25, 0.3) is 0 Å². The Morgan fingerprint density at radius 2 is 2.05 bits per heavy atom. The second-order valence-electron chi connectivity index (χ2n) is 4.71. The second kappa shape index (κ2) is 5.28. The molecule has 2 fully saturated rings. The van der Waals surface area contributed by atoms with Crippen molar-refractivity contribution in [3.05, 3.63) is 0 Å². The third kappa shape index (κ3) is 2.63. The number of amides is 3. The van der Waals surface area contributed by atoms with Crippen molar-refractivity contribution in [2.45, 2.75) is 18.3 Å². The summed E-state index contributed by atoms with van der Waals surface area (Å²) in [4.78, 5) is 39.5. The summed E-state index contributed by atoms with van der Waals surface area (Å²) in [5.74, 6) is -0.721. The van der Waals surface area contributed by atoms with Gasteiger partial charge in [0, 0.05) is 25.9 Å². The van der Waals surface area contributed by atoms with E-state index in [1.54, 1.807) is 11.9 Å². The van der Waals surface area contributed by atoms with Gasteiger partial charge in [-0.2, -0.15) is 0 Å². The smallest absolute Gasteiger partial charge is 0.327 e. The molecule has 8 heteroatoms. The van der Waals surface area contributed by atoms with E-state index >= 15 is 0 Å². The van der Waals surface area contributed by atoms with E-state index < -0.39 is 12.0 Å². The first-order chi connectivity index (χ1) is 8.91. The van der Waals surface area contributed by atoms with Crippen molar-refractivity contribution in [2.24, 2.45) is 0 Å². The number of carboxylic acid groups (broad SMARTS) is 1. The fraction of sp³-hybridized carbons (Fsp3) is 0.727. The zero-order valence-corrected chi connectivity index (χ0v) is 11.7. The molecular weight excluding hydrogens is 270 g/mol. The predicted octanol–water partition coefficient (Wildman–Crippen LogP) is -0.272. The van der Waals surface area contributed by atoms with Crippen molar-refractivity contribution in [3.63, 3.8) is 0 Å². The van der Waals surface area contributed by atoms with Crippen LogP contribution in [0, 0.1) is 0 Å². The highest BCUT2D eigenvalue weighted by Gasteiger charge is 2.42. The lowest BCUT2D eigenvalue weighted by Gasteiger charge is -2.36. The Hall–Kier alpha value is -1.44. The third-order valence-corrected chi connectivity index (χ3v) is 4.67. The van der Waals surface area contributed by atoms with Crippen LogP contribution in [0.4, 0.5) is 4.79 Å². The average Bonchev–Trinajstić information content (AvgIpc) is 2.74. The number of hydrogen-bond donors (Lipinski definition) is 1.